The quantitative estimate of drug-likeness (QED) is 0.385. The average molecular weight is 493 g/mol. The van der Waals surface area contributed by atoms with E-state index < -0.39 is 23.6 Å². The van der Waals surface area contributed by atoms with Crippen molar-refractivity contribution in [1.29, 1.82) is 0 Å². The minimum absolute atomic E-state index is 0.234. The van der Waals surface area contributed by atoms with E-state index in [0.29, 0.717) is 26.8 Å². The molecule has 2 aromatic carbocycles. The zero-order chi connectivity index (χ0) is 23.6. The van der Waals surface area contributed by atoms with Gasteiger partial charge in [0.15, 0.2) is 5.13 Å². The highest BCUT2D eigenvalue weighted by Gasteiger charge is 2.30. The fraction of sp³-hybridized carbons (Fsp3) is 0.143. The Labute approximate surface area is 193 Å². The van der Waals surface area contributed by atoms with Crippen LogP contribution >= 0.6 is 22.7 Å². The number of halogens is 3. The number of nitrogens with zero attached hydrogens (tertiary/aromatic N) is 2. The van der Waals surface area contributed by atoms with Crippen molar-refractivity contribution in [1.82, 2.24) is 9.97 Å². The summed E-state index contributed by atoms with van der Waals surface area (Å²) in [6, 6.07) is 7.83. The first kappa shape index (κ1) is 22.7. The molecule has 2 amide bonds. The van der Waals surface area contributed by atoms with Gasteiger partial charge < -0.3 is 10.1 Å². The third-order valence-electron chi connectivity index (χ3n) is 4.47. The number of aromatic nitrogens is 2. The summed E-state index contributed by atoms with van der Waals surface area (Å²) in [6.07, 6.45) is -4.72. The van der Waals surface area contributed by atoms with E-state index in [2.05, 4.69) is 20.6 Å². The van der Waals surface area contributed by atoms with Gasteiger partial charge in [0.25, 0.3) is 5.91 Å². The molecule has 0 atom stereocenters. The third-order valence-corrected chi connectivity index (χ3v) is 5.97. The largest absolute Gasteiger partial charge is 0.494 e. The summed E-state index contributed by atoms with van der Waals surface area (Å²) in [5.41, 5.74) is 2.12. The van der Waals surface area contributed by atoms with Crippen molar-refractivity contribution < 1.29 is 27.5 Å². The number of rotatable bonds is 6. The normalized spacial score (nSPS) is 11.4. The molecular weight excluding hydrogens is 477 g/mol. The Kier molecular flexibility index (Phi) is 6.29. The minimum Gasteiger partial charge on any atom is -0.494 e. The Morgan fingerprint density at radius 1 is 1.15 bits per heavy atom. The van der Waals surface area contributed by atoms with Crippen LogP contribution in [0.4, 0.5) is 24.0 Å². The number of carbonyl (C=O) groups excluding carboxylic acids is 2. The molecule has 0 spiro atoms. The van der Waals surface area contributed by atoms with E-state index in [0.717, 1.165) is 12.1 Å². The SMILES string of the molecule is COc1cc(NC(=O)Cc2cccc(C(F)(F)F)c2)cc2sc(NC(=O)c3cscn3)nc12. The molecule has 0 aliphatic carbocycles. The summed E-state index contributed by atoms with van der Waals surface area (Å²) in [6.45, 7) is 0. The van der Waals surface area contributed by atoms with E-state index in [4.69, 9.17) is 4.74 Å². The van der Waals surface area contributed by atoms with Crippen molar-refractivity contribution in [2.24, 2.45) is 0 Å². The summed E-state index contributed by atoms with van der Waals surface area (Å²) in [5, 5.41) is 7.28. The minimum atomic E-state index is -4.48. The zero-order valence-electron chi connectivity index (χ0n) is 16.9. The number of fused-ring (bicyclic) bond motifs is 1. The van der Waals surface area contributed by atoms with Crippen molar-refractivity contribution in [2.45, 2.75) is 12.6 Å². The molecule has 0 fully saturated rings. The van der Waals surface area contributed by atoms with Crippen LogP contribution in [-0.2, 0) is 17.4 Å². The van der Waals surface area contributed by atoms with E-state index in [1.807, 2.05) is 0 Å². The monoisotopic (exact) mass is 492 g/mol. The second kappa shape index (κ2) is 9.16. The summed E-state index contributed by atoms with van der Waals surface area (Å²) in [4.78, 5) is 33.0. The maximum Gasteiger partial charge on any atom is 0.416 e. The van der Waals surface area contributed by atoms with E-state index in [1.54, 1.807) is 23.0 Å². The maximum atomic E-state index is 12.9. The zero-order valence-corrected chi connectivity index (χ0v) is 18.5. The van der Waals surface area contributed by atoms with Crippen LogP contribution in [0.1, 0.15) is 21.6 Å². The summed E-state index contributed by atoms with van der Waals surface area (Å²) in [7, 11) is 1.44. The Morgan fingerprint density at radius 2 is 1.97 bits per heavy atom. The fourth-order valence-corrected chi connectivity index (χ4v) is 4.46. The molecule has 2 N–H and O–H groups in total. The number of carbonyl (C=O) groups is 2. The van der Waals surface area contributed by atoms with Crippen LogP contribution in [0.3, 0.4) is 0 Å². The molecule has 7 nitrogen and oxygen atoms in total. The van der Waals surface area contributed by atoms with E-state index in [-0.39, 0.29) is 17.7 Å². The maximum absolute atomic E-state index is 12.9. The molecular formula is C21H15F3N4O3S2. The second-order valence-corrected chi connectivity index (χ2v) is 8.54. The van der Waals surface area contributed by atoms with E-state index >= 15 is 0 Å². The van der Waals surface area contributed by atoms with Crippen LogP contribution in [0.25, 0.3) is 10.2 Å². The molecule has 2 aromatic heterocycles. The van der Waals surface area contributed by atoms with Crippen LogP contribution < -0.4 is 15.4 Å². The predicted molar refractivity (Wildman–Crippen MR) is 120 cm³/mol. The molecule has 0 unspecified atom stereocenters. The van der Waals surface area contributed by atoms with Crippen molar-refractivity contribution in [2.75, 3.05) is 17.7 Å². The topological polar surface area (TPSA) is 93.2 Å². The van der Waals surface area contributed by atoms with Gasteiger partial charge in [-0.05, 0) is 17.7 Å². The molecule has 2 heterocycles. The molecule has 4 aromatic rings. The molecule has 0 saturated heterocycles. The number of methoxy groups -OCH3 is 1. The van der Waals surface area contributed by atoms with Crippen molar-refractivity contribution in [3.8, 4) is 5.75 Å². The molecule has 0 aliphatic rings. The number of anilines is 2. The fourth-order valence-electron chi connectivity index (χ4n) is 3.01. The average Bonchev–Trinajstić information content (AvgIpc) is 3.42. The Balaban J connectivity index is 1.52. The lowest BCUT2D eigenvalue weighted by Gasteiger charge is -2.10. The highest BCUT2D eigenvalue weighted by atomic mass is 32.1. The third kappa shape index (κ3) is 5.29. The van der Waals surface area contributed by atoms with Crippen LogP contribution in [0.5, 0.6) is 5.75 Å². The van der Waals surface area contributed by atoms with Gasteiger partial charge in [0.2, 0.25) is 5.91 Å². The van der Waals surface area contributed by atoms with Gasteiger partial charge in [-0.25, -0.2) is 9.97 Å². The molecule has 0 radical (unpaired) electrons. The number of alkyl halides is 3. The Bertz CT molecular complexity index is 1320. The molecule has 0 bridgehead atoms. The number of benzene rings is 2. The molecule has 4 rings (SSSR count). The van der Waals surface area contributed by atoms with Gasteiger partial charge in [-0.3, -0.25) is 14.9 Å². The number of amides is 2. The highest BCUT2D eigenvalue weighted by Crippen LogP contribution is 2.36. The van der Waals surface area contributed by atoms with Gasteiger partial charge >= 0.3 is 6.18 Å². The Morgan fingerprint density at radius 3 is 2.67 bits per heavy atom. The summed E-state index contributed by atoms with van der Waals surface area (Å²) in [5.74, 6) is -0.520. The highest BCUT2D eigenvalue weighted by molar-refractivity contribution is 7.22. The summed E-state index contributed by atoms with van der Waals surface area (Å²) >= 11 is 2.47. The number of nitrogens with one attached hydrogen (secondary N) is 2. The first-order valence-electron chi connectivity index (χ1n) is 9.37. The smallest absolute Gasteiger partial charge is 0.416 e. The molecule has 170 valence electrons. The lowest BCUT2D eigenvalue weighted by molar-refractivity contribution is -0.137. The lowest BCUT2D eigenvalue weighted by Crippen LogP contribution is -2.15. The molecule has 12 heteroatoms. The van der Waals surface area contributed by atoms with E-state index in [9.17, 15) is 22.8 Å². The van der Waals surface area contributed by atoms with Crippen LogP contribution in [0, 0.1) is 0 Å². The van der Waals surface area contributed by atoms with Gasteiger partial charge in [0.05, 0.1) is 29.3 Å². The molecule has 0 aliphatic heterocycles. The van der Waals surface area contributed by atoms with Crippen molar-refractivity contribution in [3.05, 3.63) is 64.1 Å². The van der Waals surface area contributed by atoms with Crippen LogP contribution in [-0.4, -0.2) is 28.9 Å². The van der Waals surface area contributed by atoms with Crippen LogP contribution in [0.2, 0.25) is 0 Å². The standard InChI is InChI=1S/C21H15F3N4O3S2/c1-31-15-7-13(26-17(29)6-11-3-2-4-12(5-11)21(22,23)24)8-16-18(15)27-20(33-16)28-19(30)14-9-32-10-25-14/h2-5,7-10H,6H2,1H3,(H,26,29)(H,27,28,30). The van der Waals surface area contributed by atoms with Gasteiger partial charge in [-0.2, -0.15) is 13.2 Å². The molecule has 33 heavy (non-hydrogen) atoms. The second-order valence-electron chi connectivity index (χ2n) is 6.80. The lowest BCUT2D eigenvalue weighted by atomic mass is 10.1. The number of hydrogen-bond acceptors (Lipinski definition) is 7. The van der Waals surface area contributed by atoms with Crippen molar-refractivity contribution >= 4 is 55.5 Å². The van der Waals surface area contributed by atoms with E-state index in [1.165, 1.54) is 41.9 Å². The Hall–Kier alpha value is -3.51. The molecule has 0 saturated carbocycles. The van der Waals surface area contributed by atoms with Gasteiger partial charge in [-0.1, -0.05) is 29.5 Å². The van der Waals surface area contributed by atoms with Crippen molar-refractivity contribution in [3.63, 3.8) is 0 Å². The van der Waals surface area contributed by atoms with Crippen LogP contribution in [0.15, 0.2) is 47.3 Å². The number of thiazole rings is 2. The van der Waals surface area contributed by atoms with Gasteiger partial charge in [0, 0.05) is 17.1 Å². The van der Waals surface area contributed by atoms with Gasteiger partial charge in [-0.15, -0.1) is 11.3 Å². The predicted octanol–water partition coefficient (Wildman–Crippen LogP) is 5.21. The first-order valence-corrected chi connectivity index (χ1v) is 11.1. The first-order chi connectivity index (χ1) is 15.7. The number of hydrogen-bond donors (Lipinski definition) is 2. The van der Waals surface area contributed by atoms with Gasteiger partial charge in [0.1, 0.15) is 17.0 Å². The summed E-state index contributed by atoms with van der Waals surface area (Å²) < 4.78 is 44.7. The number of ether oxygens (including phenoxy) is 1.